The molecule has 0 spiro atoms. The molecule has 2 N–H and O–H groups in total. The maximum atomic E-state index is 12.4. The molecule has 0 aromatic heterocycles. The van der Waals surface area contributed by atoms with E-state index in [9.17, 15) is 22.8 Å². The summed E-state index contributed by atoms with van der Waals surface area (Å²) in [5.41, 5.74) is -2.30. The summed E-state index contributed by atoms with van der Waals surface area (Å²) >= 11 is 0. The van der Waals surface area contributed by atoms with Crippen molar-refractivity contribution in [1.82, 2.24) is 5.32 Å². The largest absolute Gasteiger partial charge is 0.465 e. The van der Waals surface area contributed by atoms with E-state index in [0.29, 0.717) is 0 Å². The van der Waals surface area contributed by atoms with Gasteiger partial charge in [-0.15, -0.1) is 0 Å². The molecule has 7 heteroatoms. The third-order valence-electron chi connectivity index (χ3n) is 2.26. The Bertz CT molecular complexity index is 374. The molecule has 16 heavy (non-hydrogen) atoms. The van der Waals surface area contributed by atoms with Crippen LogP contribution in [0.3, 0.4) is 0 Å². The molecule has 0 aliphatic heterocycles. The van der Waals surface area contributed by atoms with Gasteiger partial charge in [0.15, 0.2) is 0 Å². The van der Waals surface area contributed by atoms with Crippen molar-refractivity contribution in [2.75, 3.05) is 6.54 Å². The number of alkyl halides is 3. The normalized spacial score (nSPS) is 16.9. The Morgan fingerprint density at radius 3 is 2.31 bits per heavy atom. The Balaban J connectivity index is 2.56. The molecule has 0 aromatic carbocycles. The zero-order valence-electron chi connectivity index (χ0n) is 8.02. The molecule has 88 valence electrons. The van der Waals surface area contributed by atoms with Gasteiger partial charge in [0.25, 0.3) is 0 Å². The van der Waals surface area contributed by atoms with E-state index in [0.717, 1.165) is 0 Å². The second kappa shape index (κ2) is 4.04. The summed E-state index contributed by atoms with van der Waals surface area (Å²) in [7, 11) is 0. The summed E-state index contributed by atoms with van der Waals surface area (Å²) in [5.74, 6) is 2.67. The van der Waals surface area contributed by atoms with Crippen LogP contribution in [0.25, 0.3) is 0 Å². The van der Waals surface area contributed by atoms with Crippen LogP contribution in [0, 0.1) is 17.3 Å². The fourth-order valence-electron chi connectivity index (χ4n) is 1.13. The van der Waals surface area contributed by atoms with Crippen molar-refractivity contribution in [1.29, 1.82) is 0 Å². The topological polar surface area (TPSA) is 66.4 Å². The molecule has 1 saturated carbocycles. The van der Waals surface area contributed by atoms with E-state index in [4.69, 9.17) is 5.11 Å². The molecule has 1 fully saturated rings. The molecule has 1 aliphatic carbocycles. The minimum absolute atomic E-state index is 0.240. The number of Topliss-reactive ketones (excluding diaryl/α,β-unsaturated/α-hetero) is 1. The highest BCUT2D eigenvalue weighted by molar-refractivity contribution is 6.02. The predicted octanol–water partition coefficient (Wildman–Crippen LogP) is 1.17. The van der Waals surface area contributed by atoms with E-state index in [2.05, 4.69) is 0 Å². The highest BCUT2D eigenvalue weighted by Crippen LogP contribution is 2.58. The first-order valence-corrected chi connectivity index (χ1v) is 4.36. The number of carbonyl (C=O) groups excluding carboxylic acids is 1. The van der Waals surface area contributed by atoms with Crippen molar-refractivity contribution < 1.29 is 27.9 Å². The van der Waals surface area contributed by atoms with Crippen LogP contribution in [0.5, 0.6) is 0 Å². The quantitative estimate of drug-likeness (QED) is 0.557. The summed E-state index contributed by atoms with van der Waals surface area (Å²) in [6.45, 7) is -0.366. The molecule has 0 bridgehead atoms. The first-order valence-electron chi connectivity index (χ1n) is 4.36. The molecular weight excluding hydrogens is 227 g/mol. The van der Waals surface area contributed by atoms with Gasteiger partial charge in [-0.3, -0.25) is 4.79 Å². The van der Waals surface area contributed by atoms with Crippen LogP contribution >= 0.6 is 0 Å². The Kier molecular flexibility index (Phi) is 3.12. The SMILES string of the molecule is O=C(O)NCC#CC(=O)C1(C(F)(F)F)CC1. The fourth-order valence-corrected chi connectivity index (χ4v) is 1.13. The summed E-state index contributed by atoms with van der Waals surface area (Å²) < 4.78 is 37.2. The summed E-state index contributed by atoms with van der Waals surface area (Å²) in [5, 5.41) is 9.96. The van der Waals surface area contributed by atoms with Crippen LogP contribution in [0.15, 0.2) is 0 Å². The molecule has 0 heterocycles. The van der Waals surface area contributed by atoms with Gasteiger partial charge in [0.05, 0.1) is 6.54 Å². The second-order valence-electron chi connectivity index (χ2n) is 3.37. The smallest absolute Gasteiger partial charge is 0.405 e. The molecule has 4 nitrogen and oxygen atoms in total. The van der Waals surface area contributed by atoms with E-state index in [1.165, 1.54) is 0 Å². The minimum Gasteiger partial charge on any atom is -0.465 e. The number of rotatable bonds is 2. The monoisotopic (exact) mass is 235 g/mol. The van der Waals surface area contributed by atoms with Crippen LogP contribution < -0.4 is 5.32 Å². The highest BCUT2D eigenvalue weighted by atomic mass is 19.4. The van der Waals surface area contributed by atoms with E-state index < -0.39 is 23.5 Å². The van der Waals surface area contributed by atoms with Crippen LogP contribution in [-0.4, -0.2) is 29.7 Å². The molecule has 0 aromatic rings. The van der Waals surface area contributed by atoms with Crippen LogP contribution in [0.2, 0.25) is 0 Å². The predicted molar refractivity (Wildman–Crippen MR) is 46.5 cm³/mol. The van der Waals surface area contributed by atoms with Crippen molar-refractivity contribution in [2.24, 2.45) is 5.41 Å². The summed E-state index contributed by atoms with van der Waals surface area (Å²) in [6.07, 6.45) is -6.40. The average Bonchev–Trinajstić information content (AvgIpc) is 2.90. The van der Waals surface area contributed by atoms with E-state index in [1.54, 1.807) is 0 Å². The zero-order valence-corrected chi connectivity index (χ0v) is 8.02. The summed E-state index contributed by atoms with van der Waals surface area (Å²) in [6, 6.07) is 0. The number of nitrogens with one attached hydrogen (secondary N) is 1. The van der Waals surface area contributed by atoms with Gasteiger partial charge in [-0.25, -0.2) is 4.79 Å². The van der Waals surface area contributed by atoms with Crippen LogP contribution in [0.1, 0.15) is 12.8 Å². The van der Waals surface area contributed by atoms with E-state index in [-0.39, 0.29) is 19.4 Å². The molecule has 0 saturated heterocycles. The lowest BCUT2D eigenvalue weighted by molar-refractivity contribution is -0.187. The lowest BCUT2D eigenvalue weighted by atomic mass is 10.0. The van der Waals surface area contributed by atoms with Crippen molar-refractivity contribution in [3.05, 3.63) is 0 Å². The van der Waals surface area contributed by atoms with Crippen molar-refractivity contribution in [3.63, 3.8) is 0 Å². The molecule has 1 amide bonds. The third-order valence-corrected chi connectivity index (χ3v) is 2.26. The van der Waals surface area contributed by atoms with Gasteiger partial charge in [-0.2, -0.15) is 13.2 Å². The fraction of sp³-hybridized carbons (Fsp3) is 0.556. The number of amides is 1. The van der Waals surface area contributed by atoms with E-state index in [1.807, 2.05) is 17.2 Å². The van der Waals surface area contributed by atoms with Gasteiger partial charge in [0.1, 0.15) is 5.41 Å². The summed E-state index contributed by atoms with van der Waals surface area (Å²) in [4.78, 5) is 21.1. The minimum atomic E-state index is -4.57. The molecule has 0 unspecified atom stereocenters. The number of carbonyl (C=O) groups is 2. The highest BCUT2D eigenvalue weighted by Gasteiger charge is 2.67. The number of hydrogen-bond acceptors (Lipinski definition) is 2. The Labute approximate surface area is 88.8 Å². The second-order valence-corrected chi connectivity index (χ2v) is 3.37. The van der Waals surface area contributed by atoms with Crippen LogP contribution in [-0.2, 0) is 4.79 Å². The van der Waals surface area contributed by atoms with Gasteiger partial charge in [0.2, 0.25) is 5.78 Å². The molecule has 0 radical (unpaired) electrons. The van der Waals surface area contributed by atoms with Gasteiger partial charge < -0.3 is 10.4 Å². The van der Waals surface area contributed by atoms with Crippen molar-refractivity contribution >= 4 is 11.9 Å². The lowest BCUT2D eigenvalue weighted by Gasteiger charge is -2.14. The van der Waals surface area contributed by atoms with Gasteiger partial charge in [-0.05, 0) is 18.8 Å². The Morgan fingerprint density at radius 1 is 1.38 bits per heavy atom. The molecule has 1 rings (SSSR count). The number of hydrogen-bond donors (Lipinski definition) is 2. The average molecular weight is 235 g/mol. The number of ketones is 1. The maximum absolute atomic E-state index is 12.4. The first-order chi connectivity index (χ1) is 7.29. The van der Waals surface area contributed by atoms with Gasteiger partial charge >= 0.3 is 12.3 Å². The third kappa shape index (κ3) is 2.45. The molecule has 1 aliphatic rings. The Hall–Kier alpha value is -1.71. The van der Waals surface area contributed by atoms with Gasteiger partial charge in [-0.1, -0.05) is 5.92 Å². The van der Waals surface area contributed by atoms with Crippen molar-refractivity contribution in [2.45, 2.75) is 19.0 Å². The maximum Gasteiger partial charge on any atom is 0.405 e. The molecular formula is C9H8F3NO3. The number of carboxylic acid groups (broad SMARTS) is 1. The van der Waals surface area contributed by atoms with E-state index >= 15 is 0 Å². The number of halogens is 3. The first kappa shape index (κ1) is 12.4. The molecule has 0 atom stereocenters. The van der Waals surface area contributed by atoms with Gasteiger partial charge in [0, 0.05) is 0 Å². The zero-order chi connectivity index (χ0) is 12.4. The lowest BCUT2D eigenvalue weighted by Crippen LogP contribution is -2.32. The standard InChI is InChI=1S/C9H8F3NO3/c10-9(11,12)8(3-4-8)6(14)2-1-5-13-7(15)16/h13H,3-5H2,(H,15,16). The van der Waals surface area contributed by atoms with Crippen molar-refractivity contribution in [3.8, 4) is 11.8 Å². The Morgan fingerprint density at radius 2 is 1.94 bits per heavy atom. The van der Waals surface area contributed by atoms with Crippen LogP contribution in [0.4, 0.5) is 18.0 Å².